The monoisotopic (exact) mass is 346 g/mol. The fourth-order valence-corrected chi connectivity index (χ4v) is 2.60. The molecule has 1 atom stereocenters. The number of piperazine rings is 1. The average molecular weight is 346 g/mol. The topological polar surface area (TPSA) is 78.9 Å². The maximum absolute atomic E-state index is 12.2. The number of carbonyl (C=O) groups is 2. The molecule has 132 valence electrons. The standard InChI is InChI=1S/C15H17F3N2O4/c16-15(17,18)24-11-5-3-10(4-6-11)13-14(23)19-7-9-20(13)8-1-2-12(21)22/h3-6,13H,1-2,7-9H2,(H,19,23)(H,21,22). The largest absolute Gasteiger partial charge is 0.573 e. The molecule has 0 aromatic heterocycles. The van der Waals surface area contributed by atoms with Crippen LogP contribution < -0.4 is 10.1 Å². The van der Waals surface area contributed by atoms with E-state index < -0.39 is 18.4 Å². The highest BCUT2D eigenvalue weighted by Crippen LogP contribution is 2.28. The van der Waals surface area contributed by atoms with Gasteiger partial charge in [0.2, 0.25) is 5.91 Å². The molecule has 24 heavy (non-hydrogen) atoms. The minimum Gasteiger partial charge on any atom is -0.481 e. The van der Waals surface area contributed by atoms with Crippen LogP contribution in [0, 0.1) is 0 Å². The Kier molecular flexibility index (Phi) is 5.66. The molecule has 1 fully saturated rings. The first kappa shape index (κ1) is 18.1. The summed E-state index contributed by atoms with van der Waals surface area (Å²) in [5.41, 5.74) is 0.525. The Morgan fingerprint density at radius 1 is 1.33 bits per heavy atom. The van der Waals surface area contributed by atoms with E-state index in [1.54, 1.807) is 0 Å². The van der Waals surface area contributed by atoms with E-state index in [1.807, 2.05) is 4.90 Å². The van der Waals surface area contributed by atoms with E-state index in [0.717, 1.165) is 12.1 Å². The lowest BCUT2D eigenvalue weighted by Crippen LogP contribution is -2.50. The minimum atomic E-state index is -4.77. The zero-order valence-electron chi connectivity index (χ0n) is 12.7. The van der Waals surface area contributed by atoms with Gasteiger partial charge in [-0.15, -0.1) is 13.2 Å². The van der Waals surface area contributed by atoms with Crippen LogP contribution in [0.25, 0.3) is 0 Å². The van der Waals surface area contributed by atoms with Crippen LogP contribution in [0.1, 0.15) is 24.4 Å². The number of nitrogens with zero attached hydrogens (tertiary/aromatic N) is 1. The molecule has 1 aromatic rings. The first-order valence-electron chi connectivity index (χ1n) is 7.35. The highest BCUT2D eigenvalue weighted by atomic mass is 19.4. The second-order valence-corrected chi connectivity index (χ2v) is 5.34. The Hall–Kier alpha value is -2.29. The molecule has 1 heterocycles. The molecule has 1 aromatic carbocycles. The van der Waals surface area contributed by atoms with Crippen molar-refractivity contribution in [3.8, 4) is 5.75 Å². The molecule has 2 N–H and O–H groups in total. The smallest absolute Gasteiger partial charge is 0.481 e. The summed E-state index contributed by atoms with van der Waals surface area (Å²) in [6.07, 6.45) is -4.40. The molecule has 1 unspecified atom stereocenters. The van der Waals surface area contributed by atoms with Crippen LogP contribution in [-0.4, -0.2) is 47.9 Å². The van der Waals surface area contributed by atoms with Gasteiger partial charge in [0, 0.05) is 19.5 Å². The molecular formula is C15H17F3N2O4. The number of carboxylic acid groups (broad SMARTS) is 1. The maximum atomic E-state index is 12.2. The predicted octanol–water partition coefficient (Wildman–Crippen LogP) is 1.92. The second kappa shape index (κ2) is 7.52. The summed E-state index contributed by atoms with van der Waals surface area (Å²) in [4.78, 5) is 24.6. The van der Waals surface area contributed by atoms with Gasteiger partial charge in [-0.05, 0) is 30.7 Å². The van der Waals surface area contributed by atoms with Crippen molar-refractivity contribution in [1.82, 2.24) is 10.2 Å². The molecule has 1 aliphatic rings. The molecule has 2 rings (SSSR count). The van der Waals surface area contributed by atoms with E-state index >= 15 is 0 Å². The number of carboxylic acids is 1. The summed E-state index contributed by atoms with van der Waals surface area (Å²) in [5.74, 6) is -1.54. The fourth-order valence-electron chi connectivity index (χ4n) is 2.60. The van der Waals surface area contributed by atoms with Gasteiger partial charge in [-0.25, -0.2) is 0 Å². The first-order valence-corrected chi connectivity index (χ1v) is 7.35. The van der Waals surface area contributed by atoms with Crippen molar-refractivity contribution in [2.75, 3.05) is 19.6 Å². The van der Waals surface area contributed by atoms with Crippen molar-refractivity contribution >= 4 is 11.9 Å². The molecular weight excluding hydrogens is 329 g/mol. The lowest BCUT2D eigenvalue weighted by Gasteiger charge is -2.35. The van der Waals surface area contributed by atoms with Crippen molar-refractivity contribution < 1.29 is 32.6 Å². The van der Waals surface area contributed by atoms with Gasteiger partial charge in [0.1, 0.15) is 11.8 Å². The van der Waals surface area contributed by atoms with Gasteiger partial charge < -0.3 is 15.2 Å². The van der Waals surface area contributed by atoms with E-state index in [0.29, 0.717) is 31.6 Å². The van der Waals surface area contributed by atoms with Crippen LogP contribution in [0.4, 0.5) is 13.2 Å². The van der Waals surface area contributed by atoms with E-state index in [2.05, 4.69) is 10.1 Å². The number of aliphatic carboxylic acids is 1. The van der Waals surface area contributed by atoms with E-state index in [9.17, 15) is 22.8 Å². The number of benzene rings is 1. The SMILES string of the molecule is O=C(O)CCCN1CCNC(=O)C1c1ccc(OC(F)(F)F)cc1. The number of halogens is 3. The zero-order chi connectivity index (χ0) is 17.7. The Morgan fingerprint density at radius 3 is 2.58 bits per heavy atom. The van der Waals surface area contributed by atoms with Gasteiger partial charge in [0.25, 0.3) is 0 Å². The Morgan fingerprint density at radius 2 is 2.00 bits per heavy atom. The summed E-state index contributed by atoms with van der Waals surface area (Å²) in [5, 5.41) is 11.4. The van der Waals surface area contributed by atoms with Crippen LogP contribution in [-0.2, 0) is 9.59 Å². The van der Waals surface area contributed by atoms with Crippen LogP contribution in [0.3, 0.4) is 0 Å². The van der Waals surface area contributed by atoms with E-state index in [-0.39, 0.29) is 18.1 Å². The van der Waals surface area contributed by atoms with Gasteiger partial charge in [-0.1, -0.05) is 12.1 Å². The maximum Gasteiger partial charge on any atom is 0.573 e. The quantitative estimate of drug-likeness (QED) is 0.823. The van der Waals surface area contributed by atoms with Crippen molar-refractivity contribution in [2.24, 2.45) is 0 Å². The van der Waals surface area contributed by atoms with Crippen molar-refractivity contribution in [2.45, 2.75) is 25.2 Å². The molecule has 0 saturated carbocycles. The van der Waals surface area contributed by atoms with Gasteiger partial charge in [-0.2, -0.15) is 0 Å². The minimum absolute atomic E-state index is 0.0107. The summed E-state index contributed by atoms with van der Waals surface area (Å²) < 4.78 is 40.4. The van der Waals surface area contributed by atoms with Gasteiger partial charge in [0.05, 0.1) is 0 Å². The Labute approximate surface area is 136 Å². The van der Waals surface area contributed by atoms with Crippen LogP contribution >= 0.6 is 0 Å². The number of amides is 1. The Balaban J connectivity index is 2.09. The summed E-state index contributed by atoms with van der Waals surface area (Å²) >= 11 is 0. The summed E-state index contributed by atoms with van der Waals surface area (Å²) in [6, 6.07) is 4.45. The summed E-state index contributed by atoms with van der Waals surface area (Å²) in [7, 11) is 0. The number of ether oxygens (including phenoxy) is 1. The molecule has 0 radical (unpaired) electrons. The number of hydrogen-bond donors (Lipinski definition) is 2. The molecule has 1 saturated heterocycles. The number of nitrogens with one attached hydrogen (secondary N) is 1. The molecule has 0 bridgehead atoms. The van der Waals surface area contributed by atoms with Gasteiger partial charge >= 0.3 is 12.3 Å². The van der Waals surface area contributed by atoms with Gasteiger partial charge in [-0.3, -0.25) is 14.5 Å². The van der Waals surface area contributed by atoms with Crippen LogP contribution in [0.5, 0.6) is 5.75 Å². The molecule has 6 nitrogen and oxygen atoms in total. The molecule has 1 amide bonds. The third kappa shape index (κ3) is 5.12. The molecule has 9 heteroatoms. The lowest BCUT2D eigenvalue weighted by atomic mass is 10.0. The third-order valence-electron chi connectivity index (χ3n) is 3.58. The van der Waals surface area contributed by atoms with Crippen molar-refractivity contribution in [3.63, 3.8) is 0 Å². The summed E-state index contributed by atoms with van der Waals surface area (Å²) in [6.45, 7) is 1.39. The predicted molar refractivity (Wildman–Crippen MR) is 77.3 cm³/mol. The highest BCUT2D eigenvalue weighted by Gasteiger charge is 2.33. The number of hydrogen-bond acceptors (Lipinski definition) is 4. The Bertz CT molecular complexity index is 589. The number of alkyl halides is 3. The number of rotatable bonds is 6. The van der Waals surface area contributed by atoms with E-state index in [1.165, 1.54) is 12.1 Å². The van der Waals surface area contributed by atoms with E-state index in [4.69, 9.17) is 5.11 Å². The average Bonchev–Trinajstić information content (AvgIpc) is 2.47. The van der Waals surface area contributed by atoms with Gasteiger partial charge in [0.15, 0.2) is 0 Å². The lowest BCUT2D eigenvalue weighted by molar-refractivity contribution is -0.274. The fraction of sp³-hybridized carbons (Fsp3) is 0.467. The molecule has 0 spiro atoms. The van der Waals surface area contributed by atoms with Crippen LogP contribution in [0.15, 0.2) is 24.3 Å². The zero-order valence-corrected chi connectivity index (χ0v) is 12.7. The number of carbonyl (C=O) groups excluding carboxylic acids is 1. The van der Waals surface area contributed by atoms with Crippen LogP contribution in [0.2, 0.25) is 0 Å². The molecule has 1 aliphatic heterocycles. The van der Waals surface area contributed by atoms with Crippen molar-refractivity contribution in [1.29, 1.82) is 0 Å². The second-order valence-electron chi connectivity index (χ2n) is 5.34. The van der Waals surface area contributed by atoms with Crippen molar-refractivity contribution in [3.05, 3.63) is 29.8 Å². The normalized spacial score (nSPS) is 19.0. The first-order chi connectivity index (χ1) is 11.3. The molecule has 0 aliphatic carbocycles. The highest BCUT2D eigenvalue weighted by molar-refractivity contribution is 5.84. The third-order valence-corrected chi connectivity index (χ3v) is 3.58.